The number of anilines is 2. The molecular formula is C43H44ClN7O6. The van der Waals surface area contributed by atoms with Crippen LogP contribution in [0, 0.1) is 12.0 Å². The van der Waals surface area contributed by atoms with Crippen LogP contribution in [0.15, 0.2) is 60.7 Å². The van der Waals surface area contributed by atoms with Crippen LogP contribution in [0.25, 0.3) is 4.85 Å². The van der Waals surface area contributed by atoms with Gasteiger partial charge in [-0.05, 0) is 86.7 Å². The molecule has 5 heterocycles. The minimum absolute atomic E-state index is 0.0105. The lowest BCUT2D eigenvalue weighted by atomic mass is 9.90. The van der Waals surface area contributed by atoms with Gasteiger partial charge in [0.15, 0.2) is 0 Å². The van der Waals surface area contributed by atoms with E-state index in [1.807, 2.05) is 23.1 Å². The van der Waals surface area contributed by atoms with Gasteiger partial charge in [-0.2, -0.15) is 0 Å². The monoisotopic (exact) mass is 789 g/mol. The second kappa shape index (κ2) is 14.8. The lowest BCUT2D eigenvalue weighted by molar-refractivity contribution is -0.136. The highest BCUT2D eigenvalue weighted by atomic mass is 35.5. The van der Waals surface area contributed by atoms with Gasteiger partial charge in [-0.1, -0.05) is 17.7 Å². The number of imide groups is 2. The SMILES string of the molecule is [C-]#[N+]c1ccc(OC2CCN(C(=O)c3ccc(N4CCN(C5CCN(c6ccc7c(c6)C(=O)N(C6CCC(=O)NC6=O)C7=O)CC5)CC4)cc3)CC23CC3)cc1Cl. The first-order chi connectivity index (χ1) is 27.6. The van der Waals surface area contributed by atoms with Crippen molar-refractivity contribution in [2.24, 2.45) is 5.41 Å². The van der Waals surface area contributed by atoms with Gasteiger partial charge < -0.3 is 19.4 Å². The Kier molecular flexibility index (Phi) is 9.65. The van der Waals surface area contributed by atoms with Crippen molar-refractivity contribution in [3.63, 3.8) is 0 Å². The van der Waals surface area contributed by atoms with Gasteiger partial charge in [0.2, 0.25) is 17.5 Å². The Morgan fingerprint density at radius 1 is 0.789 bits per heavy atom. The van der Waals surface area contributed by atoms with Crippen LogP contribution in [0.1, 0.15) is 76.0 Å². The van der Waals surface area contributed by atoms with Crippen LogP contribution in [-0.4, -0.2) is 115 Å². The molecule has 1 aliphatic carbocycles. The van der Waals surface area contributed by atoms with E-state index in [1.54, 1.807) is 30.3 Å². The molecule has 6 aliphatic rings. The van der Waals surface area contributed by atoms with Gasteiger partial charge in [0.05, 0.1) is 22.7 Å². The standard InChI is InChI=1S/C43H44ClN7O6/c1-45-35-9-7-31(25-34(35)44)57-37-14-19-50(26-43(37)15-16-43)40(54)27-2-4-28(5-3-27)48-20-22-49(23-21-48)29-12-17-47(18-13-29)30-6-8-32-33(24-30)42(56)51(41(32)55)36-10-11-38(52)46-39(36)53/h2-9,24-25,29,36-37H,10-23,26H2,(H,46,52,53). The Hall–Kier alpha value is -5.45. The number of amides is 5. The average molecular weight is 790 g/mol. The van der Waals surface area contributed by atoms with Crippen LogP contribution in [0.2, 0.25) is 5.02 Å². The number of benzene rings is 3. The fraction of sp³-hybridized carbons (Fsp3) is 0.442. The number of ether oxygens (including phenoxy) is 1. The maximum atomic E-state index is 13.6. The molecule has 14 heteroatoms. The van der Waals surface area contributed by atoms with Crippen molar-refractivity contribution in [3.05, 3.63) is 93.8 Å². The Bertz CT molecular complexity index is 2190. The molecule has 1 N–H and O–H groups in total. The number of carbonyl (C=O) groups excluding carboxylic acids is 5. The number of fused-ring (bicyclic) bond motifs is 1. The summed E-state index contributed by atoms with van der Waals surface area (Å²) in [6.45, 7) is 13.9. The average Bonchev–Trinajstić information content (AvgIpc) is 3.96. The van der Waals surface area contributed by atoms with Crippen LogP contribution < -0.4 is 19.9 Å². The Balaban J connectivity index is 0.747. The summed E-state index contributed by atoms with van der Waals surface area (Å²) >= 11 is 6.25. The van der Waals surface area contributed by atoms with Gasteiger partial charge >= 0.3 is 0 Å². The van der Waals surface area contributed by atoms with Crippen LogP contribution in [-0.2, 0) is 9.59 Å². The third-order valence-corrected chi connectivity index (χ3v) is 13.2. The van der Waals surface area contributed by atoms with E-state index in [0.717, 1.165) is 87.6 Å². The van der Waals surface area contributed by atoms with Gasteiger partial charge in [-0.25, -0.2) is 4.85 Å². The zero-order chi connectivity index (χ0) is 39.4. The van der Waals surface area contributed by atoms with Crippen LogP contribution in [0.5, 0.6) is 5.75 Å². The largest absolute Gasteiger partial charge is 0.490 e. The maximum Gasteiger partial charge on any atom is 0.262 e. The number of carbonyl (C=O) groups is 5. The summed E-state index contributed by atoms with van der Waals surface area (Å²) in [7, 11) is 0. The summed E-state index contributed by atoms with van der Waals surface area (Å²) < 4.78 is 6.37. The van der Waals surface area contributed by atoms with Crippen LogP contribution in [0.3, 0.4) is 0 Å². The smallest absolute Gasteiger partial charge is 0.262 e. The Labute approximate surface area is 336 Å². The molecule has 0 bridgehead atoms. The Morgan fingerprint density at radius 3 is 2.18 bits per heavy atom. The highest BCUT2D eigenvalue weighted by molar-refractivity contribution is 6.33. The molecule has 5 fully saturated rings. The van der Waals surface area contributed by atoms with Gasteiger partial charge in [0, 0.05) is 93.6 Å². The van der Waals surface area contributed by atoms with Gasteiger partial charge in [0.25, 0.3) is 17.7 Å². The fourth-order valence-electron chi connectivity index (χ4n) is 9.44. The topological polar surface area (TPSA) is 127 Å². The normalized spacial score (nSPS) is 23.7. The third kappa shape index (κ3) is 6.99. The summed E-state index contributed by atoms with van der Waals surface area (Å²) in [5.74, 6) is -1.25. The second-order valence-electron chi connectivity index (χ2n) is 16.2. The van der Waals surface area contributed by atoms with E-state index in [0.29, 0.717) is 52.3 Å². The molecule has 3 aromatic carbocycles. The lowest BCUT2D eigenvalue weighted by Crippen LogP contribution is -2.54. The molecule has 1 spiro atoms. The maximum absolute atomic E-state index is 13.6. The number of piperidine rings is 3. The van der Waals surface area contributed by atoms with Crippen LogP contribution >= 0.6 is 11.6 Å². The number of piperazine rings is 1. The molecular weight excluding hydrogens is 746 g/mol. The predicted octanol–water partition coefficient (Wildman–Crippen LogP) is 5.16. The molecule has 13 nitrogen and oxygen atoms in total. The first-order valence-corrected chi connectivity index (χ1v) is 20.3. The highest BCUT2D eigenvalue weighted by Crippen LogP contribution is 2.53. The van der Waals surface area contributed by atoms with Crippen molar-refractivity contribution in [2.75, 3.05) is 62.2 Å². The van der Waals surface area contributed by atoms with E-state index < -0.39 is 29.7 Å². The predicted molar refractivity (Wildman–Crippen MR) is 213 cm³/mol. The minimum atomic E-state index is -0.973. The molecule has 5 aliphatic heterocycles. The molecule has 1 saturated carbocycles. The summed E-state index contributed by atoms with van der Waals surface area (Å²) in [6.07, 6.45) is 5.00. The number of nitrogens with zero attached hydrogens (tertiary/aromatic N) is 6. The summed E-state index contributed by atoms with van der Waals surface area (Å²) in [4.78, 5) is 77.9. The third-order valence-electron chi connectivity index (χ3n) is 12.9. The highest BCUT2D eigenvalue weighted by Gasteiger charge is 2.55. The number of halogens is 1. The first-order valence-electron chi connectivity index (χ1n) is 19.9. The fourth-order valence-corrected chi connectivity index (χ4v) is 9.65. The summed E-state index contributed by atoms with van der Waals surface area (Å²) in [6, 6.07) is 18.1. The van der Waals surface area contributed by atoms with E-state index in [1.165, 1.54) is 0 Å². The molecule has 5 amide bonds. The van der Waals surface area contributed by atoms with Gasteiger partial charge in [-0.3, -0.25) is 39.1 Å². The van der Waals surface area contributed by atoms with E-state index in [-0.39, 0.29) is 30.3 Å². The van der Waals surface area contributed by atoms with E-state index in [9.17, 15) is 24.0 Å². The van der Waals surface area contributed by atoms with Gasteiger partial charge in [0.1, 0.15) is 17.9 Å². The number of nitrogens with one attached hydrogen (secondary N) is 1. The number of hydrogen-bond acceptors (Lipinski definition) is 9. The van der Waals surface area contributed by atoms with E-state index in [4.69, 9.17) is 22.9 Å². The van der Waals surface area contributed by atoms with E-state index in [2.05, 4.69) is 37.0 Å². The number of likely N-dealkylation sites (tertiary alicyclic amines) is 1. The van der Waals surface area contributed by atoms with Crippen molar-refractivity contribution < 1.29 is 28.7 Å². The van der Waals surface area contributed by atoms with Crippen molar-refractivity contribution >= 4 is 58.2 Å². The molecule has 2 atom stereocenters. The second-order valence-corrected chi connectivity index (χ2v) is 16.6. The molecule has 57 heavy (non-hydrogen) atoms. The van der Waals surface area contributed by atoms with Crippen molar-refractivity contribution in [1.29, 1.82) is 0 Å². The zero-order valence-electron chi connectivity index (χ0n) is 31.6. The number of hydrogen-bond donors (Lipinski definition) is 1. The molecule has 0 radical (unpaired) electrons. The molecule has 0 aromatic heterocycles. The minimum Gasteiger partial charge on any atom is -0.490 e. The number of rotatable bonds is 7. The van der Waals surface area contributed by atoms with Crippen molar-refractivity contribution in [1.82, 2.24) is 20.0 Å². The van der Waals surface area contributed by atoms with Crippen molar-refractivity contribution in [3.8, 4) is 5.75 Å². The van der Waals surface area contributed by atoms with Gasteiger partial charge in [-0.15, -0.1) is 0 Å². The summed E-state index contributed by atoms with van der Waals surface area (Å²) in [5.41, 5.74) is 3.69. The first kappa shape index (κ1) is 37.1. The molecule has 3 aromatic rings. The van der Waals surface area contributed by atoms with Crippen LogP contribution in [0.4, 0.5) is 17.1 Å². The Morgan fingerprint density at radius 2 is 1.49 bits per heavy atom. The lowest BCUT2D eigenvalue weighted by Gasteiger charge is -2.44. The summed E-state index contributed by atoms with van der Waals surface area (Å²) in [5, 5.41) is 2.64. The molecule has 2 unspecified atom stereocenters. The molecule has 4 saturated heterocycles. The zero-order valence-corrected chi connectivity index (χ0v) is 32.4. The molecule has 294 valence electrons. The van der Waals surface area contributed by atoms with Crippen molar-refractivity contribution in [2.45, 2.75) is 63.1 Å². The quantitative estimate of drug-likeness (QED) is 0.255. The van der Waals surface area contributed by atoms with E-state index >= 15 is 0 Å². The molecule has 9 rings (SSSR count).